The molecule has 0 radical (unpaired) electrons. The fraction of sp³-hybridized carbons (Fsp3) is 0.462. The molecule has 1 atom stereocenters. The number of hydrogen-bond acceptors (Lipinski definition) is 4. The predicted molar refractivity (Wildman–Crippen MR) is 71.3 cm³/mol. The van der Waals surface area contributed by atoms with Crippen LogP contribution in [0, 0.1) is 12.8 Å². The molecule has 6 heteroatoms. The number of aliphatic carboxylic acids is 1. The van der Waals surface area contributed by atoms with Gasteiger partial charge in [0.05, 0.1) is 17.9 Å². The molecule has 5 nitrogen and oxygen atoms in total. The second kappa shape index (κ2) is 5.61. The van der Waals surface area contributed by atoms with Gasteiger partial charge in [-0.2, -0.15) is 0 Å². The lowest BCUT2D eigenvalue weighted by Gasteiger charge is -2.14. The van der Waals surface area contributed by atoms with Crippen LogP contribution in [-0.4, -0.2) is 32.9 Å². The maximum absolute atomic E-state index is 11.8. The molecule has 0 aliphatic heterocycles. The number of sulfone groups is 1. The highest BCUT2D eigenvalue weighted by molar-refractivity contribution is 7.90. The first kappa shape index (κ1) is 15.5. The third-order valence-electron chi connectivity index (χ3n) is 2.93. The Bertz CT molecular complexity index is 589. The van der Waals surface area contributed by atoms with Gasteiger partial charge >= 0.3 is 5.97 Å². The molecule has 1 aromatic rings. The molecule has 0 aromatic heterocycles. The van der Waals surface area contributed by atoms with Gasteiger partial charge in [0.2, 0.25) is 0 Å². The van der Waals surface area contributed by atoms with Crippen LogP contribution in [-0.2, 0) is 21.1 Å². The Kier molecular flexibility index (Phi) is 4.57. The van der Waals surface area contributed by atoms with Crippen molar-refractivity contribution in [3.05, 3.63) is 23.3 Å². The Morgan fingerprint density at radius 1 is 1.42 bits per heavy atom. The van der Waals surface area contributed by atoms with E-state index in [0.717, 1.165) is 6.26 Å². The highest BCUT2D eigenvalue weighted by atomic mass is 32.2. The van der Waals surface area contributed by atoms with E-state index in [2.05, 4.69) is 0 Å². The van der Waals surface area contributed by atoms with E-state index in [9.17, 15) is 13.2 Å². The van der Waals surface area contributed by atoms with Crippen LogP contribution in [0.4, 0.5) is 0 Å². The Labute approximate surface area is 113 Å². The number of aryl methyl sites for hydroxylation is 1. The van der Waals surface area contributed by atoms with Crippen molar-refractivity contribution in [2.45, 2.75) is 25.2 Å². The van der Waals surface area contributed by atoms with E-state index in [-0.39, 0.29) is 11.3 Å². The van der Waals surface area contributed by atoms with Gasteiger partial charge in [0.15, 0.2) is 9.84 Å². The molecule has 0 saturated heterocycles. The Balaban J connectivity index is 3.38. The molecule has 1 N–H and O–H groups in total. The molecule has 0 amide bonds. The molecule has 0 spiro atoms. The van der Waals surface area contributed by atoms with E-state index < -0.39 is 21.7 Å². The predicted octanol–water partition coefficient (Wildman–Crippen LogP) is 1.67. The number of carboxylic acids is 1. The van der Waals surface area contributed by atoms with E-state index in [1.54, 1.807) is 19.9 Å². The van der Waals surface area contributed by atoms with Crippen LogP contribution in [0.2, 0.25) is 0 Å². The van der Waals surface area contributed by atoms with Crippen LogP contribution in [0.1, 0.15) is 18.1 Å². The van der Waals surface area contributed by atoms with Crippen LogP contribution in [0.15, 0.2) is 17.0 Å². The van der Waals surface area contributed by atoms with Crippen molar-refractivity contribution in [3.8, 4) is 5.75 Å². The maximum Gasteiger partial charge on any atom is 0.306 e. The number of carboxylic acid groups (broad SMARTS) is 1. The van der Waals surface area contributed by atoms with Gasteiger partial charge in [-0.3, -0.25) is 4.79 Å². The van der Waals surface area contributed by atoms with Crippen LogP contribution in [0.25, 0.3) is 0 Å². The van der Waals surface area contributed by atoms with Gasteiger partial charge in [-0.15, -0.1) is 0 Å². The lowest BCUT2D eigenvalue weighted by molar-refractivity contribution is -0.141. The van der Waals surface area contributed by atoms with Crippen molar-refractivity contribution in [2.75, 3.05) is 13.4 Å². The first-order valence-electron chi connectivity index (χ1n) is 5.77. The molecule has 0 bridgehead atoms. The van der Waals surface area contributed by atoms with Crippen molar-refractivity contribution in [3.63, 3.8) is 0 Å². The second-order valence-corrected chi connectivity index (χ2v) is 6.63. The van der Waals surface area contributed by atoms with Crippen LogP contribution in [0.5, 0.6) is 5.75 Å². The topological polar surface area (TPSA) is 80.7 Å². The molecule has 106 valence electrons. The van der Waals surface area contributed by atoms with Gasteiger partial charge < -0.3 is 9.84 Å². The minimum absolute atomic E-state index is 0.147. The zero-order valence-electron chi connectivity index (χ0n) is 11.4. The summed E-state index contributed by atoms with van der Waals surface area (Å²) in [5.41, 5.74) is 1.18. The average molecular weight is 286 g/mol. The molecular weight excluding hydrogens is 268 g/mol. The summed E-state index contributed by atoms with van der Waals surface area (Å²) >= 11 is 0. The second-order valence-electron chi connectivity index (χ2n) is 4.65. The molecule has 1 rings (SSSR count). The highest BCUT2D eigenvalue weighted by Crippen LogP contribution is 2.28. The van der Waals surface area contributed by atoms with Crippen molar-refractivity contribution in [2.24, 2.45) is 5.92 Å². The van der Waals surface area contributed by atoms with Gasteiger partial charge in [-0.25, -0.2) is 8.42 Å². The first-order valence-corrected chi connectivity index (χ1v) is 7.66. The van der Waals surface area contributed by atoms with Crippen molar-refractivity contribution >= 4 is 15.8 Å². The minimum Gasteiger partial charge on any atom is -0.496 e. The Morgan fingerprint density at radius 2 is 2.00 bits per heavy atom. The summed E-state index contributed by atoms with van der Waals surface area (Å²) in [7, 11) is -1.91. The average Bonchev–Trinajstić information content (AvgIpc) is 2.29. The summed E-state index contributed by atoms with van der Waals surface area (Å²) < 4.78 is 28.7. The monoisotopic (exact) mass is 286 g/mol. The van der Waals surface area contributed by atoms with Crippen LogP contribution >= 0.6 is 0 Å². The summed E-state index contributed by atoms with van der Waals surface area (Å²) in [6, 6.07) is 3.13. The molecule has 0 heterocycles. The van der Waals surface area contributed by atoms with Crippen molar-refractivity contribution < 1.29 is 23.1 Å². The van der Waals surface area contributed by atoms with Gasteiger partial charge in [-0.1, -0.05) is 6.92 Å². The number of benzene rings is 1. The van der Waals surface area contributed by atoms with E-state index in [1.807, 2.05) is 0 Å². The van der Waals surface area contributed by atoms with Gasteiger partial charge in [0.25, 0.3) is 0 Å². The summed E-state index contributed by atoms with van der Waals surface area (Å²) in [6.07, 6.45) is 1.26. The molecule has 1 unspecified atom stereocenters. The molecule has 0 fully saturated rings. The van der Waals surface area contributed by atoms with Gasteiger partial charge in [-0.05, 0) is 36.6 Å². The molecule has 0 saturated carbocycles. The smallest absolute Gasteiger partial charge is 0.306 e. The summed E-state index contributed by atoms with van der Waals surface area (Å²) in [4.78, 5) is 11.1. The molecular formula is C13H18O5S. The SMILES string of the molecule is COc1cc(CC(C)C(=O)O)c(S(C)(=O)=O)cc1C. The first-order chi connectivity index (χ1) is 8.66. The van der Waals surface area contributed by atoms with E-state index in [0.29, 0.717) is 16.9 Å². The Hall–Kier alpha value is -1.56. The fourth-order valence-electron chi connectivity index (χ4n) is 1.85. The quantitative estimate of drug-likeness (QED) is 0.890. The van der Waals surface area contributed by atoms with Gasteiger partial charge in [0.1, 0.15) is 5.75 Å². The maximum atomic E-state index is 11.8. The standard InChI is InChI=1S/C13H18O5S/c1-8-6-12(19(4,16)17)10(7-11(8)18-3)5-9(2)13(14)15/h6-7,9H,5H2,1-4H3,(H,14,15). The fourth-order valence-corrected chi connectivity index (χ4v) is 2.85. The van der Waals surface area contributed by atoms with Crippen LogP contribution in [0.3, 0.4) is 0 Å². The third-order valence-corrected chi connectivity index (χ3v) is 4.10. The summed E-state index contributed by atoms with van der Waals surface area (Å²) in [6.45, 7) is 3.29. The third kappa shape index (κ3) is 3.70. The number of carbonyl (C=O) groups is 1. The summed E-state index contributed by atoms with van der Waals surface area (Å²) in [5.74, 6) is -1.06. The van der Waals surface area contributed by atoms with E-state index >= 15 is 0 Å². The zero-order chi connectivity index (χ0) is 14.8. The summed E-state index contributed by atoms with van der Waals surface area (Å²) in [5, 5.41) is 8.94. The normalized spacial score (nSPS) is 13.1. The molecule has 19 heavy (non-hydrogen) atoms. The lowest BCUT2D eigenvalue weighted by atomic mass is 10.00. The van der Waals surface area contributed by atoms with Gasteiger partial charge in [0, 0.05) is 6.26 Å². The molecule has 1 aromatic carbocycles. The van der Waals surface area contributed by atoms with E-state index in [1.165, 1.54) is 13.2 Å². The van der Waals surface area contributed by atoms with Crippen molar-refractivity contribution in [1.82, 2.24) is 0 Å². The molecule has 0 aliphatic rings. The molecule has 0 aliphatic carbocycles. The zero-order valence-corrected chi connectivity index (χ0v) is 12.2. The lowest BCUT2D eigenvalue weighted by Crippen LogP contribution is -2.15. The number of rotatable bonds is 5. The van der Waals surface area contributed by atoms with Crippen LogP contribution < -0.4 is 4.74 Å². The number of hydrogen-bond donors (Lipinski definition) is 1. The number of methoxy groups -OCH3 is 1. The van der Waals surface area contributed by atoms with E-state index in [4.69, 9.17) is 9.84 Å². The minimum atomic E-state index is -3.40. The highest BCUT2D eigenvalue weighted by Gasteiger charge is 2.20. The largest absolute Gasteiger partial charge is 0.496 e. The van der Waals surface area contributed by atoms with Crippen molar-refractivity contribution in [1.29, 1.82) is 0 Å². The number of ether oxygens (including phenoxy) is 1. The Morgan fingerprint density at radius 3 is 2.42 bits per heavy atom.